The molecule has 0 saturated carbocycles. The van der Waals surface area contributed by atoms with E-state index in [1.54, 1.807) is 30.5 Å². The third-order valence-electron chi connectivity index (χ3n) is 4.17. The molecule has 24 heavy (non-hydrogen) atoms. The number of aromatic nitrogens is 3. The lowest BCUT2D eigenvalue weighted by Gasteiger charge is -2.42. The van der Waals surface area contributed by atoms with Gasteiger partial charge in [0.2, 0.25) is 0 Å². The number of rotatable bonds is 4. The van der Waals surface area contributed by atoms with E-state index in [1.165, 1.54) is 12.5 Å². The van der Waals surface area contributed by atoms with Crippen LogP contribution >= 0.6 is 0 Å². The Bertz CT molecular complexity index is 685. The van der Waals surface area contributed by atoms with E-state index in [-0.39, 0.29) is 24.7 Å². The second-order valence-corrected chi connectivity index (χ2v) is 5.78. The van der Waals surface area contributed by atoms with Gasteiger partial charge in [0.25, 0.3) is 5.91 Å². The van der Waals surface area contributed by atoms with Crippen LogP contribution in [0.2, 0.25) is 0 Å². The smallest absolute Gasteiger partial charge is 0.269 e. The van der Waals surface area contributed by atoms with E-state index in [9.17, 15) is 15.0 Å². The molecule has 8 nitrogen and oxygen atoms in total. The normalized spacial score (nSPS) is 23.8. The SMILES string of the molecule is O=C(NC[C@]1(O)CCN(c2ccncn2)C[C@H]1O)c1ccccn1. The average molecular weight is 329 g/mol. The monoisotopic (exact) mass is 329 g/mol. The molecule has 0 radical (unpaired) electrons. The maximum atomic E-state index is 12.0. The molecule has 3 rings (SSSR count). The first-order chi connectivity index (χ1) is 11.6. The van der Waals surface area contributed by atoms with Gasteiger partial charge in [0.1, 0.15) is 29.5 Å². The summed E-state index contributed by atoms with van der Waals surface area (Å²) in [6.07, 6.45) is 3.89. The van der Waals surface area contributed by atoms with Crippen LogP contribution in [0.3, 0.4) is 0 Å². The first-order valence-electron chi connectivity index (χ1n) is 7.69. The molecule has 1 aliphatic rings. The minimum absolute atomic E-state index is 0.0405. The van der Waals surface area contributed by atoms with Gasteiger partial charge >= 0.3 is 0 Å². The van der Waals surface area contributed by atoms with E-state index in [4.69, 9.17) is 0 Å². The highest BCUT2D eigenvalue weighted by molar-refractivity contribution is 5.92. The molecule has 2 aromatic heterocycles. The molecule has 0 unspecified atom stereocenters. The van der Waals surface area contributed by atoms with E-state index in [0.29, 0.717) is 18.8 Å². The van der Waals surface area contributed by atoms with Gasteiger partial charge in [-0.2, -0.15) is 0 Å². The molecule has 1 amide bonds. The van der Waals surface area contributed by atoms with Gasteiger partial charge in [-0.05, 0) is 24.6 Å². The van der Waals surface area contributed by atoms with Crippen LogP contribution in [0.25, 0.3) is 0 Å². The first-order valence-corrected chi connectivity index (χ1v) is 7.69. The highest BCUT2D eigenvalue weighted by atomic mass is 16.3. The average Bonchev–Trinajstić information content (AvgIpc) is 2.64. The standard InChI is InChI=1S/C16H19N5O3/c22-13-9-21(14-4-7-17-11-20-14)8-5-16(13,24)10-19-15(23)12-3-1-2-6-18-12/h1-4,6-7,11,13,22,24H,5,8-10H2,(H,19,23)/t13-,16-/m1/s1. The Labute approximate surface area is 139 Å². The predicted octanol–water partition coefficient (Wildman–Crippen LogP) is -0.396. The van der Waals surface area contributed by atoms with Gasteiger partial charge in [-0.25, -0.2) is 9.97 Å². The van der Waals surface area contributed by atoms with Gasteiger partial charge in [0, 0.05) is 32.0 Å². The highest BCUT2D eigenvalue weighted by Gasteiger charge is 2.41. The fourth-order valence-electron chi connectivity index (χ4n) is 2.67. The molecular formula is C16H19N5O3. The molecule has 2 atom stereocenters. The third kappa shape index (κ3) is 3.50. The number of amides is 1. The lowest BCUT2D eigenvalue weighted by atomic mass is 9.88. The number of pyridine rings is 1. The van der Waals surface area contributed by atoms with Gasteiger partial charge in [-0.3, -0.25) is 9.78 Å². The zero-order valence-electron chi connectivity index (χ0n) is 13.0. The quantitative estimate of drug-likeness (QED) is 0.700. The summed E-state index contributed by atoms with van der Waals surface area (Å²) in [5, 5.41) is 23.6. The Hall–Kier alpha value is -2.58. The Morgan fingerprint density at radius 3 is 2.88 bits per heavy atom. The Kier molecular flexibility index (Phi) is 4.68. The Morgan fingerprint density at radius 1 is 1.33 bits per heavy atom. The maximum Gasteiger partial charge on any atom is 0.269 e. The summed E-state index contributed by atoms with van der Waals surface area (Å²) in [6, 6.07) is 6.77. The zero-order valence-corrected chi connectivity index (χ0v) is 13.0. The van der Waals surface area contributed by atoms with E-state index in [0.717, 1.165) is 0 Å². The summed E-state index contributed by atoms with van der Waals surface area (Å²) in [5.41, 5.74) is -1.11. The molecule has 1 aliphatic heterocycles. The topological polar surface area (TPSA) is 111 Å². The van der Waals surface area contributed by atoms with Crippen LogP contribution in [0.15, 0.2) is 43.0 Å². The summed E-state index contributed by atoms with van der Waals surface area (Å²) < 4.78 is 0. The number of hydrogen-bond acceptors (Lipinski definition) is 7. The number of hydrogen-bond donors (Lipinski definition) is 3. The van der Waals surface area contributed by atoms with Crippen molar-refractivity contribution in [1.82, 2.24) is 20.3 Å². The van der Waals surface area contributed by atoms with E-state index >= 15 is 0 Å². The summed E-state index contributed by atoms with van der Waals surface area (Å²) >= 11 is 0. The van der Waals surface area contributed by atoms with Crippen molar-refractivity contribution in [2.45, 2.75) is 18.1 Å². The van der Waals surface area contributed by atoms with E-state index in [1.807, 2.05) is 4.90 Å². The van der Waals surface area contributed by atoms with Crippen molar-refractivity contribution < 1.29 is 15.0 Å². The molecule has 0 aromatic carbocycles. The fraction of sp³-hybridized carbons (Fsp3) is 0.375. The van der Waals surface area contributed by atoms with Gasteiger partial charge in [-0.15, -0.1) is 0 Å². The molecule has 0 bridgehead atoms. The lowest BCUT2D eigenvalue weighted by Crippen LogP contribution is -2.60. The van der Waals surface area contributed by atoms with E-state index < -0.39 is 11.7 Å². The van der Waals surface area contributed by atoms with Crippen LogP contribution in [0.1, 0.15) is 16.9 Å². The molecular weight excluding hydrogens is 310 g/mol. The number of nitrogens with zero attached hydrogens (tertiary/aromatic N) is 4. The number of carbonyl (C=O) groups is 1. The maximum absolute atomic E-state index is 12.0. The summed E-state index contributed by atoms with van der Waals surface area (Å²) in [4.78, 5) is 25.9. The van der Waals surface area contributed by atoms with Crippen molar-refractivity contribution >= 4 is 11.7 Å². The lowest BCUT2D eigenvalue weighted by molar-refractivity contribution is -0.0825. The van der Waals surface area contributed by atoms with Crippen molar-refractivity contribution in [3.05, 3.63) is 48.7 Å². The summed E-state index contributed by atoms with van der Waals surface area (Å²) in [6.45, 7) is 0.707. The largest absolute Gasteiger partial charge is 0.388 e. The van der Waals surface area contributed by atoms with Gasteiger partial charge in [0.15, 0.2) is 0 Å². The Morgan fingerprint density at radius 2 is 2.21 bits per heavy atom. The van der Waals surface area contributed by atoms with Crippen LogP contribution in [0, 0.1) is 0 Å². The van der Waals surface area contributed by atoms with Crippen LogP contribution in [0.4, 0.5) is 5.82 Å². The number of β-amino-alcohol motifs (C(OH)–C–C–N with tert-alkyl or cyclic N) is 1. The molecule has 3 N–H and O–H groups in total. The molecule has 0 aliphatic carbocycles. The zero-order chi connectivity index (χ0) is 17.0. The molecule has 3 heterocycles. The molecule has 0 spiro atoms. The van der Waals surface area contributed by atoms with Crippen molar-refractivity contribution in [3.63, 3.8) is 0 Å². The molecule has 1 saturated heterocycles. The minimum atomic E-state index is -1.38. The second kappa shape index (κ2) is 6.90. The number of carbonyl (C=O) groups excluding carboxylic acids is 1. The van der Waals surface area contributed by atoms with Crippen LogP contribution in [0.5, 0.6) is 0 Å². The van der Waals surface area contributed by atoms with Crippen LogP contribution in [-0.4, -0.2) is 62.4 Å². The van der Waals surface area contributed by atoms with Crippen molar-refractivity contribution in [2.75, 3.05) is 24.5 Å². The number of piperidine rings is 1. The van der Waals surface area contributed by atoms with E-state index in [2.05, 4.69) is 20.3 Å². The second-order valence-electron chi connectivity index (χ2n) is 5.78. The van der Waals surface area contributed by atoms with Crippen LogP contribution in [-0.2, 0) is 0 Å². The van der Waals surface area contributed by atoms with Crippen LogP contribution < -0.4 is 10.2 Å². The predicted molar refractivity (Wildman–Crippen MR) is 86.4 cm³/mol. The molecule has 8 heteroatoms. The Balaban J connectivity index is 1.59. The molecule has 2 aromatic rings. The van der Waals surface area contributed by atoms with Gasteiger partial charge in [-0.1, -0.05) is 6.07 Å². The number of aliphatic hydroxyl groups excluding tert-OH is 1. The number of anilines is 1. The third-order valence-corrected chi connectivity index (χ3v) is 4.17. The first kappa shape index (κ1) is 16.3. The fourth-order valence-corrected chi connectivity index (χ4v) is 2.67. The molecule has 126 valence electrons. The van der Waals surface area contributed by atoms with Gasteiger partial charge < -0.3 is 20.4 Å². The summed E-state index contributed by atoms with van der Waals surface area (Å²) in [7, 11) is 0. The van der Waals surface area contributed by atoms with Crippen molar-refractivity contribution in [3.8, 4) is 0 Å². The summed E-state index contributed by atoms with van der Waals surface area (Å²) in [5.74, 6) is 0.318. The minimum Gasteiger partial charge on any atom is -0.388 e. The van der Waals surface area contributed by atoms with Crippen molar-refractivity contribution in [2.24, 2.45) is 0 Å². The number of nitrogens with one attached hydrogen (secondary N) is 1. The number of aliphatic hydroxyl groups is 2. The highest BCUT2D eigenvalue weighted by Crippen LogP contribution is 2.25. The molecule has 1 fully saturated rings. The van der Waals surface area contributed by atoms with Crippen molar-refractivity contribution in [1.29, 1.82) is 0 Å². The van der Waals surface area contributed by atoms with Gasteiger partial charge in [0.05, 0.1) is 0 Å².